The highest BCUT2D eigenvalue weighted by Crippen LogP contribution is 2.31. The Morgan fingerprint density at radius 1 is 1.19 bits per heavy atom. The summed E-state index contributed by atoms with van der Waals surface area (Å²) in [5.41, 5.74) is 3.02. The van der Waals surface area contributed by atoms with Crippen LogP contribution in [-0.4, -0.2) is 18.6 Å². The van der Waals surface area contributed by atoms with Crippen LogP contribution in [0.2, 0.25) is 0 Å². The highest BCUT2D eigenvalue weighted by Gasteiger charge is 2.30. The van der Waals surface area contributed by atoms with Gasteiger partial charge in [-0.2, -0.15) is 5.26 Å². The number of methoxy groups -OCH3 is 1. The number of benzene rings is 2. The van der Waals surface area contributed by atoms with Crippen molar-refractivity contribution in [1.29, 1.82) is 5.26 Å². The van der Waals surface area contributed by atoms with Gasteiger partial charge in [-0.15, -0.1) is 0 Å². The van der Waals surface area contributed by atoms with Gasteiger partial charge in [0.2, 0.25) is 0 Å². The van der Waals surface area contributed by atoms with Crippen LogP contribution in [0.25, 0.3) is 5.70 Å². The quantitative estimate of drug-likeness (QED) is 0.658. The number of nitriles is 1. The summed E-state index contributed by atoms with van der Waals surface area (Å²) in [4.78, 5) is 12.8. The van der Waals surface area contributed by atoms with Gasteiger partial charge in [-0.1, -0.05) is 24.3 Å². The largest absolute Gasteiger partial charge is 0.497 e. The van der Waals surface area contributed by atoms with Crippen LogP contribution < -0.4 is 15.4 Å². The van der Waals surface area contributed by atoms with E-state index in [1.807, 2.05) is 24.3 Å². The fourth-order valence-corrected chi connectivity index (χ4v) is 3.13. The molecule has 2 aromatic carbocycles. The van der Waals surface area contributed by atoms with Gasteiger partial charge in [0.15, 0.2) is 0 Å². The third-order valence-electron chi connectivity index (χ3n) is 4.32. The zero-order chi connectivity index (χ0) is 18.7. The molecule has 0 saturated heterocycles. The molecule has 132 valence electrons. The average Bonchev–Trinajstić information content (AvgIpc) is 2.62. The molecule has 0 fully saturated rings. The Morgan fingerprint density at radius 2 is 1.88 bits per heavy atom. The summed E-state index contributed by atoms with van der Waals surface area (Å²) >= 11 is 0. The molecule has 5 nitrogen and oxygen atoms in total. The standard InChI is InChI=1S/C21H21N3O2/c1-21(2)12-14-6-4-5-7-17(14)19(24-21)18(13-22)20(25)23-15-8-10-16(26-3)11-9-15/h4-11,24H,12H2,1-3H3,(H,23,25)/b19-18-. The first kappa shape index (κ1) is 17.6. The number of hydrogen-bond acceptors (Lipinski definition) is 4. The Hall–Kier alpha value is -3.26. The monoisotopic (exact) mass is 347 g/mol. The van der Waals surface area contributed by atoms with E-state index in [0.29, 0.717) is 17.1 Å². The van der Waals surface area contributed by atoms with Gasteiger partial charge >= 0.3 is 0 Å². The lowest BCUT2D eigenvalue weighted by Gasteiger charge is -2.36. The molecule has 0 aliphatic carbocycles. The molecule has 3 rings (SSSR count). The average molecular weight is 347 g/mol. The second kappa shape index (κ2) is 6.93. The fraction of sp³-hybridized carbons (Fsp3) is 0.238. The highest BCUT2D eigenvalue weighted by molar-refractivity contribution is 6.12. The zero-order valence-corrected chi connectivity index (χ0v) is 15.1. The SMILES string of the molecule is COc1ccc(NC(=O)/C(C#N)=C2\NC(C)(C)Cc3ccccc32)cc1. The van der Waals surface area contributed by atoms with E-state index in [1.54, 1.807) is 31.4 Å². The number of nitrogens with zero attached hydrogens (tertiary/aromatic N) is 1. The van der Waals surface area contributed by atoms with Crippen molar-refractivity contribution in [2.24, 2.45) is 0 Å². The molecule has 0 bridgehead atoms. The third kappa shape index (κ3) is 3.55. The molecule has 1 aliphatic rings. The van der Waals surface area contributed by atoms with Crippen LogP contribution in [0.5, 0.6) is 5.75 Å². The van der Waals surface area contributed by atoms with Crippen molar-refractivity contribution in [3.05, 3.63) is 65.2 Å². The lowest BCUT2D eigenvalue weighted by molar-refractivity contribution is -0.112. The van der Waals surface area contributed by atoms with Crippen LogP contribution >= 0.6 is 0 Å². The number of fused-ring (bicyclic) bond motifs is 1. The van der Waals surface area contributed by atoms with Crippen LogP contribution in [0.4, 0.5) is 5.69 Å². The first-order valence-electron chi connectivity index (χ1n) is 8.40. The molecular weight excluding hydrogens is 326 g/mol. The fourth-order valence-electron chi connectivity index (χ4n) is 3.13. The summed E-state index contributed by atoms with van der Waals surface area (Å²) in [6, 6.07) is 16.9. The van der Waals surface area contributed by atoms with Crippen LogP contribution in [0, 0.1) is 11.3 Å². The molecule has 0 radical (unpaired) electrons. The second-order valence-electron chi connectivity index (χ2n) is 6.89. The van der Waals surface area contributed by atoms with Crippen molar-refractivity contribution in [3.63, 3.8) is 0 Å². The molecule has 5 heteroatoms. The van der Waals surface area contributed by atoms with Crippen LogP contribution in [0.1, 0.15) is 25.0 Å². The number of hydrogen-bond donors (Lipinski definition) is 2. The number of rotatable bonds is 3. The van der Waals surface area contributed by atoms with Crippen molar-refractivity contribution in [1.82, 2.24) is 5.32 Å². The molecule has 0 aromatic heterocycles. The van der Waals surface area contributed by atoms with Crippen LogP contribution in [0.3, 0.4) is 0 Å². The summed E-state index contributed by atoms with van der Waals surface area (Å²) in [6.45, 7) is 4.11. The van der Waals surface area contributed by atoms with E-state index in [2.05, 4.69) is 30.6 Å². The van der Waals surface area contributed by atoms with E-state index < -0.39 is 5.91 Å². The Balaban J connectivity index is 1.98. The third-order valence-corrected chi connectivity index (χ3v) is 4.32. The molecule has 2 N–H and O–H groups in total. The number of amides is 1. The molecule has 0 unspecified atom stereocenters. The van der Waals surface area contributed by atoms with E-state index in [1.165, 1.54) is 0 Å². The molecule has 1 aliphatic heterocycles. The van der Waals surface area contributed by atoms with Crippen molar-refractivity contribution in [2.45, 2.75) is 25.8 Å². The van der Waals surface area contributed by atoms with Gasteiger partial charge in [0, 0.05) is 16.8 Å². The second-order valence-corrected chi connectivity index (χ2v) is 6.89. The van der Waals surface area contributed by atoms with Crippen molar-refractivity contribution in [2.75, 3.05) is 12.4 Å². The van der Waals surface area contributed by atoms with Gasteiger partial charge in [0.05, 0.1) is 12.8 Å². The maximum Gasteiger partial charge on any atom is 0.268 e. The van der Waals surface area contributed by atoms with E-state index in [9.17, 15) is 10.1 Å². The number of nitrogens with one attached hydrogen (secondary N) is 2. The molecule has 0 spiro atoms. The number of anilines is 1. The molecule has 0 atom stereocenters. The number of ether oxygens (including phenoxy) is 1. The summed E-state index contributed by atoms with van der Waals surface area (Å²) in [5.74, 6) is 0.263. The Labute approximate surface area is 153 Å². The smallest absolute Gasteiger partial charge is 0.268 e. The Kier molecular flexibility index (Phi) is 4.68. The molecule has 0 saturated carbocycles. The number of carbonyl (C=O) groups excluding carboxylic acids is 1. The minimum Gasteiger partial charge on any atom is -0.497 e. The molecule has 1 amide bonds. The first-order chi connectivity index (χ1) is 12.4. The predicted octanol–water partition coefficient (Wildman–Crippen LogP) is 3.49. The van der Waals surface area contributed by atoms with E-state index in [-0.39, 0.29) is 11.1 Å². The summed E-state index contributed by atoms with van der Waals surface area (Å²) in [7, 11) is 1.58. The lowest BCUT2D eigenvalue weighted by Crippen LogP contribution is -2.44. The van der Waals surface area contributed by atoms with Gasteiger partial charge in [-0.25, -0.2) is 0 Å². The lowest BCUT2D eigenvalue weighted by atomic mass is 9.84. The molecular formula is C21H21N3O2. The highest BCUT2D eigenvalue weighted by atomic mass is 16.5. The van der Waals surface area contributed by atoms with Gasteiger partial charge in [-0.05, 0) is 50.1 Å². The number of carbonyl (C=O) groups is 1. The van der Waals surface area contributed by atoms with E-state index in [0.717, 1.165) is 17.5 Å². The zero-order valence-electron chi connectivity index (χ0n) is 15.1. The Bertz CT molecular complexity index is 906. The van der Waals surface area contributed by atoms with Crippen molar-refractivity contribution in [3.8, 4) is 11.8 Å². The predicted molar refractivity (Wildman–Crippen MR) is 102 cm³/mol. The molecule has 2 aromatic rings. The van der Waals surface area contributed by atoms with Crippen molar-refractivity contribution >= 4 is 17.3 Å². The van der Waals surface area contributed by atoms with Gasteiger partial charge in [0.25, 0.3) is 5.91 Å². The van der Waals surface area contributed by atoms with Crippen LogP contribution in [-0.2, 0) is 11.2 Å². The maximum atomic E-state index is 12.8. The first-order valence-corrected chi connectivity index (χ1v) is 8.40. The molecule has 26 heavy (non-hydrogen) atoms. The topological polar surface area (TPSA) is 74.1 Å². The van der Waals surface area contributed by atoms with E-state index >= 15 is 0 Å². The maximum absolute atomic E-state index is 12.8. The summed E-state index contributed by atoms with van der Waals surface area (Å²) in [5, 5.41) is 15.8. The van der Waals surface area contributed by atoms with Gasteiger partial charge in [-0.3, -0.25) is 4.79 Å². The normalized spacial score (nSPS) is 16.5. The van der Waals surface area contributed by atoms with Crippen molar-refractivity contribution < 1.29 is 9.53 Å². The van der Waals surface area contributed by atoms with Crippen LogP contribution in [0.15, 0.2) is 54.1 Å². The minimum atomic E-state index is -0.437. The minimum absolute atomic E-state index is 0.0704. The van der Waals surface area contributed by atoms with Gasteiger partial charge < -0.3 is 15.4 Å². The summed E-state index contributed by atoms with van der Waals surface area (Å²) < 4.78 is 5.12. The molecule has 1 heterocycles. The van der Waals surface area contributed by atoms with E-state index in [4.69, 9.17) is 4.74 Å². The summed E-state index contributed by atoms with van der Waals surface area (Å²) in [6.07, 6.45) is 0.825. The Morgan fingerprint density at radius 3 is 2.54 bits per heavy atom. The van der Waals surface area contributed by atoms with Gasteiger partial charge in [0.1, 0.15) is 17.4 Å².